The Morgan fingerprint density at radius 2 is 1.39 bits per heavy atom. The topological polar surface area (TPSA) is 273 Å². The predicted molar refractivity (Wildman–Crippen MR) is 135 cm³/mol. The molecule has 0 radical (unpaired) electrons. The molecule has 0 saturated carbocycles. The molecule has 15 heteroatoms. The van der Waals surface area contributed by atoms with Crippen LogP contribution in [0.25, 0.3) is 0 Å². The van der Waals surface area contributed by atoms with Crippen molar-refractivity contribution in [1.82, 2.24) is 16.0 Å². The largest absolute Gasteiger partial charge is 0.481 e. The summed E-state index contributed by atoms with van der Waals surface area (Å²) in [6.45, 7) is -0.801. The fourth-order valence-corrected chi connectivity index (χ4v) is 3.28. The maximum absolute atomic E-state index is 13.0. The number of carboxylic acids is 2. The van der Waals surface area contributed by atoms with Gasteiger partial charge in [0.15, 0.2) is 5.96 Å². The van der Waals surface area contributed by atoms with Crippen molar-refractivity contribution in [3.05, 3.63) is 35.9 Å². The third kappa shape index (κ3) is 12.1. The number of nitrogens with zero attached hydrogens (tertiary/aromatic N) is 1. The number of hydrogen-bond donors (Lipinski definition) is 9. The first-order valence-electron chi connectivity index (χ1n) is 11.8. The summed E-state index contributed by atoms with van der Waals surface area (Å²) in [7, 11) is 0. The van der Waals surface area contributed by atoms with Gasteiger partial charge in [-0.05, 0) is 31.2 Å². The lowest BCUT2D eigenvalue weighted by Crippen LogP contribution is -2.57. The zero-order chi connectivity index (χ0) is 28.7. The summed E-state index contributed by atoms with van der Waals surface area (Å²) in [5, 5.41) is 34.3. The van der Waals surface area contributed by atoms with Crippen LogP contribution in [0.15, 0.2) is 35.3 Å². The van der Waals surface area contributed by atoms with Gasteiger partial charge in [-0.25, -0.2) is 4.79 Å². The van der Waals surface area contributed by atoms with Crippen LogP contribution in [0.3, 0.4) is 0 Å². The van der Waals surface area contributed by atoms with Crippen LogP contribution in [0.5, 0.6) is 0 Å². The van der Waals surface area contributed by atoms with Crippen LogP contribution in [0, 0.1) is 0 Å². The molecule has 1 rings (SSSR count). The lowest BCUT2D eigenvalue weighted by atomic mass is 10.0. The van der Waals surface area contributed by atoms with Crippen LogP contribution in [0.2, 0.25) is 0 Å². The minimum atomic E-state index is -1.63. The zero-order valence-electron chi connectivity index (χ0n) is 20.7. The van der Waals surface area contributed by atoms with Gasteiger partial charge < -0.3 is 48.5 Å². The number of aliphatic hydroxyl groups excluding tert-OH is 1. The Morgan fingerprint density at radius 3 is 1.92 bits per heavy atom. The van der Waals surface area contributed by atoms with Crippen LogP contribution in [-0.4, -0.2) is 88.3 Å². The van der Waals surface area contributed by atoms with Crippen molar-refractivity contribution in [1.29, 1.82) is 0 Å². The van der Waals surface area contributed by atoms with Crippen molar-refractivity contribution < 1.29 is 39.3 Å². The molecule has 0 aliphatic rings. The fraction of sp³-hybridized carbons (Fsp3) is 0.478. The van der Waals surface area contributed by atoms with Crippen LogP contribution in [-0.2, 0) is 30.4 Å². The van der Waals surface area contributed by atoms with Crippen molar-refractivity contribution in [3.8, 4) is 0 Å². The van der Waals surface area contributed by atoms with Crippen molar-refractivity contribution in [2.75, 3.05) is 13.2 Å². The van der Waals surface area contributed by atoms with E-state index in [0.717, 1.165) is 5.56 Å². The summed E-state index contributed by atoms with van der Waals surface area (Å²) in [5.41, 5.74) is 17.3. The number of benzene rings is 1. The highest BCUT2D eigenvalue weighted by molar-refractivity contribution is 5.94. The van der Waals surface area contributed by atoms with Gasteiger partial charge in [0.1, 0.15) is 18.1 Å². The zero-order valence-corrected chi connectivity index (χ0v) is 20.7. The molecular formula is C23H35N7O8. The maximum Gasteiger partial charge on any atom is 0.328 e. The van der Waals surface area contributed by atoms with Crippen molar-refractivity contribution in [2.45, 2.75) is 56.3 Å². The number of carbonyl (C=O) groups excluding carboxylic acids is 3. The number of nitrogens with two attached hydrogens (primary N) is 3. The maximum atomic E-state index is 13.0. The van der Waals surface area contributed by atoms with E-state index in [-0.39, 0.29) is 38.2 Å². The number of rotatable bonds is 17. The number of hydrogen-bond acceptors (Lipinski definition) is 8. The molecule has 38 heavy (non-hydrogen) atoms. The van der Waals surface area contributed by atoms with Gasteiger partial charge in [0.2, 0.25) is 17.7 Å². The first-order valence-corrected chi connectivity index (χ1v) is 11.8. The van der Waals surface area contributed by atoms with E-state index >= 15 is 0 Å². The second-order valence-corrected chi connectivity index (χ2v) is 8.38. The van der Waals surface area contributed by atoms with Gasteiger partial charge in [-0.2, -0.15) is 0 Å². The molecule has 0 heterocycles. The van der Waals surface area contributed by atoms with E-state index in [1.807, 2.05) is 0 Å². The molecule has 12 N–H and O–H groups in total. The lowest BCUT2D eigenvalue weighted by Gasteiger charge is -2.25. The molecule has 0 spiro atoms. The Hall–Kier alpha value is -4.24. The van der Waals surface area contributed by atoms with E-state index in [1.165, 1.54) is 0 Å². The smallest absolute Gasteiger partial charge is 0.328 e. The average molecular weight is 538 g/mol. The second-order valence-electron chi connectivity index (χ2n) is 8.38. The van der Waals surface area contributed by atoms with Gasteiger partial charge in [-0.15, -0.1) is 0 Å². The molecule has 4 atom stereocenters. The molecule has 0 aliphatic heterocycles. The minimum absolute atomic E-state index is 0.0424. The molecule has 1 aromatic carbocycles. The standard InChI is InChI=1S/C23H35N7O8/c24-14(11-13-5-2-1-3-6-13)19(34)28-16(8-9-18(32)33)21(36)29-15(7-4-10-27-23(25)26)20(35)30-17(12-31)22(37)38/h1-3,5-6,14-17,31H,4,7-12,24H2,(H,28,34)(H,29,36)(H,30,35)(H,32,33)(H,37,38)(H4,25,26,27). The Labute approximate surface area is 218 Å². The Morgan fingerprint density at radius 1 is 0.842 bits per heavy atom. The number of aliphatic imine (C=N–C) groups is 1. The molecule has 1 aromatic rings. The lowest BCUT2D eigenvalue weighted by molar-refractivity contribution is -0.143. The van der Waals surface area contributed by atoms with Crippen molar-refractivity contribution in [2.24, 2.45) is 22.2 Å². The van der Waals surface area contributed by atoms with Gasteiger partial charge in [-0.3, -0.25) is 24.2 Å². The molecule has 3 amide bonds. The highest BCUT2D eigenvalue weighted by Gasteiger charge is 2.30. The molecule has 0 saturated heterocycles. The third-order valence-corrected chi connectivity index (χ3v) is 5.29. The number of nitrogens with one attached hydrogen (secondary N) is 3. The number of aliphatic hydroxyl groups is 1. The SMILES string of the molecule is NC(N)=NCCCC(NC(=O)C(CCC(=O)O)NC(=O)C(N)Cc1ccccc1)C(=O)NC(CO)C(=O)O. The van der Waals surface area contributed by atoms with Gasteiger partial charge in [0.25, 0.3) is 0 Å². The summed E-state index contributed by atoms with van der Waals surface area (Å²) in [6.07, 6.45) is -0.463. The quantitative estimate of drug-likeness (QED) is 0.0548. The van der Waals surface area contributed by atoms with E-state index in [0.29, 0.717) is 0 Å². The van der Waals surface area contributed by atoms with Gasteiger partial charge in [0, 0.05) is 13.0 Å². The Balaban J connectivity index is 3.01. The first kappa shape index (κ1) is 31.8. The highest BCUT2D eigenvalue weighted by Crippen LogP contribution is 2.06. The second kappa shape index (κ2) is 16.5. The van der Waals surface area contributed by atoms with Crippen molar-refractivity contribution in [3.63, 3.8) is 0 Å². The average Bonchev–Trinajstić information content (AvgIpc) is 2.86. The third-order valence-electron chi connectivity index (χ3n) is 5.29. The summed E-state index contributed by atoms with van der Waals surface area (Å²) in [4.78, 5) is 64.5. The summed E-state index contributed by atoms with van der Waals surface area (Å²) < 4.78 is 0. The minimum Gasteiger partial charge on any atom is -0.481 e. The molecule has 4 unspecified atom stereocenters. The molecule has 0 aliphatic carbocycles. The van der Waals surface area contributed by atoms with Crippen LogP contribution in [0.1, 0.15) is 31.2 Å². The normalized spacial score (nSPS) is 13.7. The van der Waals surface area contributed by atoms with Gasteiger partial charge in [0.05, 0.1) is 12.6 Å². The Kier molecular flexibility index (Phi) is 13.8. The highest BCUT2D eigenvalue weighted by atomic mass is 16.4. The summed E-state index contributed by atoms with van der Waals surface area (Å²) >= 11 is 0. The van der Waals surface area contributed by atoms with Crippen LogP contribution >= 0.6 is 0 Å². The number of aliphatic carboxylic acids is 2. The van der Waals surface area contributed by atoms with E-state index in [9.17, 15) is 29.1 Å². The number of amides is 3. The fourth-order valence-electron chi connectivity index (χ4n) is 3.28. The van der Waals surface area contributed by atoms with Crippen molar-refractivity contribution >= 4 is 35.6 Å². The van der Waals surface area contributed by atoms with Gasteiger partial charge in [-0.1, -0.05) is 30.3 Å². The molecule has 15 nitrogen and oxygen atoms in total. The molecule has 0 bridgehead atoms. The Bertz CT molecular complexity index is 985. The number of guanidine groups is 1. The molecule has 210 valence electrons. The van der Waals surface area contributed by atoms with E-state index in [4.69, 9.17) is 27.4 Å². The molecule has 0 fully saturated rings. The monoisotopic (exact) mass is 537 g/mol. The summed E-state index contributed by atoms with van der Waals surface area (Å²) in [6, 6.07) is 3.53. The number of carboxylic acid groups (broad SMARTS) is 2. The number of carbonyl (C=O) groups is 5. The molecular weight excluding hydrogens is 502 g/mol. The van der Waals surface area contributed by atoms with E-state index in [1.54, 1.807) is 30.3 Å². The van der Waals surface area contributed by atoms with Gasteiger partial charge >= 0.3 is 11.9 Å². The van der Waals surface area contributed by atoms with E-state index < -0.39 is 66.9 Å². The predicted octanol–water partition coefficient (Wildman–Crippen LogP) is -2.99. The van der Waals surface area contributed by atoms with Crippen LogP contribution < -0.4 is 33.2 Å². The first-order chi connectivity index (χ1) is 17.9. The van der Waals surface area contributed by atoms with Crippen LogP contribution in [0.4, 0.5) is 0 Å². The summed E-state index contributed by atoms with van der Waals surface area (Å²) in [5.74, 6) is -5.42. The van der Waals surface area contributed by atoms with E-state index in [2.05, 4.69) is 20.9 Å². The molecule has 0 aromatic heterocycles.